The number of amides is 1. The molecule has 1 aliphatic rings. The molecule has 3 aromatic rings. The van der Waals surface area contributed by atoms with Gasteiger partial charge in [-0.3, -0.25) is 14.5 Å². The van der Waals surface area contributed by atoms with Crippen molar-refractivity contribution in [1.82, 2.24) is 20.1 Å². The molecule has 3 heterocycles. The summed E-state index contributed by atoms with van der Waals surface area (Å²) in [5.74, 6) is -0.228. The van der Waals surface area contributed by atoms with E-state index in [0.717, 1.165) is 37.6 Å². The van der Waals surface area contributed by atoms with Gasteiger partial charge in [0.15, 0.2) is 0 Å². The highest BCUT2D eigenvalue weighted by Crippen LogP contribution is 2.50. The van der Waals surface area contributed by atoms with E-state index in [1.165, 1.54) is 0 Å². The first kappa shape index (κ1) is 17.9. The number of hydrogen-bond acceptors (Lipinski definition) is 7. The van der Waals surface area contributed by atoms with E-state index in [1.807, 2.05) is 29.1 Å². The standard InChI is InChI=1S/C18H20N6O2S/c19-9-15(26)22-12-1-2-13-16-17(23-24(13)7-5-20-6-8-25)11-10-21-4-3-14(11)27-18(12)16/h1-4,10,20,25H,5-9,19H2,(H,22,26). The summed E-state index contributed by atoms with van der Waals surface area (Å²) in [7, 11) is 0. The van der Waals surface area contributed by atoms with Crippen molar-refractivity contribution in [3.05, 3.63) is 30.6 Å². The van der Waals surface area contributed by atoms with Crippen LogP contribution in [0.25, 0.3) is 22.2 Å². The summed E-state index contributed by atoms with van der Waals surface area (Å²) in [5.41, 5.74) is 9.06. The fraction of sp³-hybridized carbons (Fsp3) is 0.278. The van der Waals surface area contributed by atoms with Gasteiger partial charge in [0.25, 0.3) is 0 Å². The summed E-state index contributed by atoms with van der Waals surface area (Å²) >= 11 is 1.60. The van der Waals surface area contributed by atoms with Gasteiger partial charge >= 0.3 is 0 Å². The molecule has 2 aromatic heterocycles. The van der Waals surface area contributed by atoms with Crippen LogP contribution in [0.1, 0.15) is 0 Å². The van der Waals surface area contributed by atoms with Crippen LogP contribution in [0.2, 0.25) is 0 Å². The van der Waals surface area contributed by atoms with Gasteiger partial charge < -0.3 is 21.5 Å². The third kappa shape index (κ3) is 3.30. The highest BCUT2D eigenvalue weighted by Gasteiger charge is 2.26. The van der Waals surface area contributed by atoms with Gasteiger partial charge in [0.2, 0.25) is 5.91 Å². The molecule has 0 aliphatic carbocycles. The Labute approximate surface area is 160 Å². The van der Waals surface area contributed by atoms with Gasteiger partial charge in [0.1, 0.15) is 5.69 Å². The Hall–Kier alpha value is -2.46. The van der Waals surface area contributed by atoms with Gasteiger partial charge in [-0.1, -0.05) is 11.8 Å². The lowest BCUT2D eigenvalue weighted by Crippen LogP contribution is -2.23. The second-order valence-electron chi connectivity index (χ2n) is 6.11. The summed E-state index contributed by atoms with van der Waals surface area (Å²) in [6.45, 7) is 1.96. The molecule has 0 saturated heterocycles. The van der Waals surface area contributed by atoms with Crippen molar-refractivity contribution in [2.24, 2.45) is 5.73 Å². The van der Waals surface area contributed by atoms with Crippen LogP contribution >= 0.6 is 11.8 Å². The van der Waals surface area contributed by atoms with E-state index in [0.29, 0.717) is 19.6 Å². The topological polar surface area (TPSA) is 118 Å². The van der Waals surface area contributed by atoms with Crippen LogP contribution in [0.3, 0.4) is 0 Å². The molecule has 140 valence electrons. The number of fused-ring (bicyclic) bond motifs is 2. The van der Waals surface area contributed by atoms with Crippen molar-refractivity contribution >= 4 is 34.3 Å². The molecule has 1 amide bonds. The molecule has 8 nitrogen and oxygen atoms in total. The maximum absolute atomic E-state index is 11.8. The Kier molecular flexibility index (Phi) is 5.08. The highest BCUT2D eigenvalue weighted by molar-refractivity contribution is 8.00. The Bertz CT molecular complexity index is 1000. The molecule has 0 saturated carbocycles. The summed E-state index contributed by atoms with van der Waals surface area (Å²) in [5, 5.41) is 20.8. The third-order valence-corrected chi connectivity index (χ3v) is 5.57. The summed E-state index contributed by atoms with van der Waals surface area (Å²) < 4.78 is 1.95. The highest BCUT2D eigenvalue weighted by atomic mass is 32.2. The largest absolute Gasteiger partial charge is 0.395 e. The van der Waals surface area contributed by atoms with Crippen molar-refractivity contribution in [2.75, 3.05) is 31.6 Å². The molecule has 1 aliphatic heterocycles. The first-order chi connectivity index (χ1) is 13.2. The van der Waals surface area contributed by atoms with Gasteiger partial charge in [0, 0.05) is 46.2 Å². The number of carbonyl (C=O) groups excluding carboxylic acids is 1. The first-order valence-corrected chi connectivity index (χ1v) is 9.52. The average molecular weight is 384 g/mol. The number of carbonyl (C=O) groups is 1. The number of anilines is 1. The number of aliphatic hydroxyl groups excluding tert-OH is 1. The van der Waals surface area contributed by atoms with E-state index in [-0.39, 0.29) is 19.1 Å². The number of aromatic nitrogens is 3. The van der Waals surface area contributed by atoms with Crippen molar-refractivity contribution in [1.29, 1.82) is 0 Å². The molecule has 0 spiro atoms. The van der Waals surface area contributed by atoms with Crippen molar-refractivity contribution < 1.29 is 9.90 Å². The molecule has 0 bridgehead atoms. The van der Waals surface area contributed by atoms with Gasteiger partial charge in [0.05, 0.1) is 30.9 Å². The van der Waals surface area contributed by atoms with Crippen LogP contribution in [0.15, 0.2) is 40.4 Å². The molecule has 9 heteroatoms. The van der Waals surface area contributed by atoms with Crippen LogP contribution in [0.5, 0.6) is 0 Å². The normalized spacial score (nSPS) is 12.2. The number of nitrogens with zero attached hydrogens (tertiary/aromatic N) is 3. The van der Waals surface area contributed by atoms with E-state index in [1.54, 1.807) is 18.0 Å². The van der Waals surface area contributed by atoms with E-state index < -0.39 is 0 Å². The lowest BCUT2D eigenvalue weighted by atomic mass is 10.1. The predicted molar refractivity (Wildman–Crippen MR) is 105 cm³/mol. The number of pyridine rings is 1. The minimum Gasteiger partial charge on any atom is -0.395 e. The van der Waals surface area contributed by atoms with Crippen LogP contribution in [-0.4, -0.2) is 52.0 Å². The van der Waals surface area contributed by atoms with E-state index in [9.17, 15) is 4.79 Å². The van der Waals surface area contributed by atoms with E-state index in [2.05, 4.69) is 15.6 Å². The predicted octanol–water partition coefficient (Wildman–Crippen LogP) is 1.04. The Morgan fingerprint density at radius 2 is 2.19 bits per heavy atom. The van der Waals surface area contributed by atoms with Gasteiger partial charge in [-0.25, -0.2) is 0 Å². The molecule has 0 atom stereocenters. The minimum atomic E-state index is -0.228. The fourth-order valence-electron chi connectivity index (χ4n) is 3.15. The maximum atomic E-state index is 11.8. The number of benzene rings is 1. The van der Waals surface area contributed by atoms with Crippen LogP contribution in [-0.2, 0) is 11.3 Å². The molecule has 0 radical (unpaired) electrons. The fourth-order valence-corrected chi connectivity index (χ4v) is 4.29. The number of hydrogen-bond donors (Lipinski definition) is 4. The summed E-state index contributed by atoms with van der Waals surface area (Å²) in [6.07, 6.45) is 3.58. The zero-order valence-corrected chi connectivity index (χ0v) is 15.4. The maximum Gasteiger partial charge on any atom is 0.238 e. The molecule has 0 unspecified atom stereocenters. The third-order valence-electron chi connectivity index (χ3n) is 4.37. The quantitative estimate of drug-likeness (QED) is 0.352. The van der Waals surface area contributed by atoms with Crippen LogP contribution in [0.4, 0.5) is 5.69 Å². The Morgan fingerprint density at radius 3 is 3.00 bits per heavy atom. The first-order valence-electron chi connectivity index (χ1n) is 8.70. The molecule has 4 rings (SSSR count). The average Bonchev–Trinajstić information content (AvgIpc) is 3.07. The Morgan fingerprint density at radius 1 is 1.30 bits per heavy atom. The minimum absolute atomic E-state index is 0.0642. The summed E-state index contributed by atoms with van der Waals surface area (Å²) in [6, 6.07) is 5.82. The zero-order valence-electron chi connectivity index (χ0n) is 14.6. The van der Waals surface area contributed by atoms with Crippen molar-refractivity contribution in [3.8, 4) is 11.3 Å². The van der Waals surface area contributed by atoms with Gasteiger partial charge in [-0.2, -0.15) is 5.10 Å². The number of nitrogens with one attached hydrogen (secondary N) is 2. The number of nitrogens with two attached hydrogens (primary N) is 1. The van der Waals surface area contributed by atoms with E-state index >= 15 is 0 Å². The second kappa shape index (κ2) is 7.65. The zero-order chi connectivity index (χ0) is 18.8. The summed E-state index contributed by atoms with van der Waals surface area (Å²) in [4.78, 5) is 18.1. The number of rotatable bonds is 7. The number of aliphatic hydroxyl groups is 1. The van der Waals surface area contributed by atoms with Crippen molar-refractivity contribution in [3.63, 3.8) is 0 Å². The molecular formula is C18H20N6O2S. The smallest absolute Gasteiger partial charge is 0.238 e. The van der Waals surface area contributed by atoms with Crippen LogP contribution < -0.4 is 16.4 Å². The molecule has 1 aromatic carbocycles. The Balaban J connectivity index is 1.82. The van der Waals surface area contributed by atoms with Gasteiger partial charge in [-0.05, 0) is 18.2 Å². The monoisotopic (exact) mass is 384 g/mol. The van der Waals surface area contributed by atoms with Crippen molar-refractivity contribution in [2.45, 2.75) is 16.3 Å². The second-order valence-corrected chi connectivity index (χ2v) is 7.16. The lowest BCUT2D eigenvalue weighted by Gasteiger charge is -2.18. The van der Waals surface area contributed by atoms with E-state index in [4.69, 9.17) is 15.9 Å². The molecule has 27 heavy (non-hydrogen) atoms. The molecule has 0 fully saturated rings. The molecule has 5 N–H and O–H groups in total. The molecular weight excluding hydrogens is 364 g/mol. The SMILES string of the molecule is NCC(=O)Nc1ccc2c3c(nn2CCNCCO)-c2cnccc2Sc13. The lowest BCUT2D eigenvalue weighted by molar-refractivity contribution is -0.114. The van der Waals surface area contributed by atoms with Crippen LogP contribution in [0, 0.1) is 0 Å². The van der Waals surface area contributed by atoms with Gasteiger partial charge in [-0.15, -0.1) is 0 Å².